The summed E-state index contributed by atoms with van der Waals surface area (Å²) in [5.41, 5.74) is 4.18. The molecule has 1 aromatic carbocycles. The first-order valence-corrected chi connectivity index (χ1v) is 13.0. The molecule has 2 aliphatic heterocycles. The topological polar surface area (TPSA) is 108 Å². The number of hydrogen-bond donors (Lipinski definition) is 1. The number of anilines is 1. The lowest BCUT2D eigenvalue weighted by Gasteiger charge is -2.24. The first-order valence-electron chi connectivity index (χ1n) is 11.5. The zero-order chi connectivity index (χ0) is 27.8. The summed E-state index contributed by atoms with van der Waals surface area (Å²) in [4.78, 5) is 9.72. The number of rotatable bonds is 6. The SMILES string of the molecule is COc1ncc(C#N)cc1S(=O)(=O)Nc1ccc(F)c(C2=CN(C)/C(=C(\C)C3=NC(C)=C(C)C3)C=C2)c1F. The lowest BCUT2D eigenvalue weighted by Crippen LogP contribution is -2.18. The average molecular weight is 538 g/mol. The van der Waals surface area contributed by atoms with Crippen LogP contribution in [0.1, 0.15) is 38.3 Å². The molecule has 0 atom stereocenters. The third-order valence-corrected chi connectivity index (χ3v) is 7.72. The maximum absolute atomic E-state index is 15.6. The zero-order valence-electron chi connectivity index (χ0n) is 21.4. The maximum atomic E-state index is 15.6. The molecule has 1 aromatic heterocycles. The molecule has 1 N–H and O–H groups in total. The van der Waals surface area contributed by atoms with Crippen LogP contribution in [-0.2, 0) is 10.0 Å². The van der Waals surface area contributed by atoms with E-state index in [1.54, 1.807) is 36.4 Å². The van der Waals surface area contributed by atoms with Gasteiger partial charge in [0.2, 0.25) is 5.88 Å². The summed E-state index contributed by atoms with van der Waals surface area (Å²) < 4.78 is 63.7. The third kappa shape index (κ3) is 4.95. The fourth-order valence-electron chi connectivity index (χ4n) is 4.16. The van der Waals surface area contributed by atoms with Crippen LogP contribution in [0.25, 0.3) is 5.57 Å². The fourth-order valence-corrected chi connectivity index (χ4v) is 5.37. The zero-order valence-corrected chi connectivity index (χ0v) is 22.2. The number of pyridine rings is 1. The van der Waals surface area contributed by atoms with Crippen molar-refractivity contribution in [3.63, 3.8) is 0 Å². The summed E-state index contributed by atoms with van der Waals surface area (Å²) in [6.07, 6.45) is 6.78. The standard InChI is InChI=1S/C27H25F2N5O3S/c1-15-10-22(32-17(15)3)16(2)23-9-6-19(14-34(23)4)25-20(28)7-8-21(26(25)29)33-38(35,36)24-11-18(12-30)13-31-27(24)37-5/h6-9,11,13-14,33H,10H2,1-5H3/b23-16+. The highest BCUT2D eigenvalue weighted by molar-refractivity contribution is 7.92. The molecule has 8 nitrogen and oxygen atoms in total. The van der Waals surface area contributed by atoms with E-state index in [4.69, 9.17) is 10.00 Å². The van der Waals surface area contributed by atoms with E-state index in [1.165, 1.54) is 12.7 Å². The summed E-state index contributed by atoms with van der Waals surface area (Å²) >= 11 is 0. The number of ether oxygens (including phenoxy) is 1. The van der Waals surface area contributed by atoms with Crippen molar-refractivity contribution in [2.75, 3.05) is 18.9 Å². The number of halogens is 2. The van der Waals surface area contributed by atoms with E-state index in [1.807, 2.05) is 20.8 Å². The molecular formula is C27H25F2N5O3S. The van der Waals surface area contributed by atoms with Crippen molar-refractivity contribution < 1.29 is 21.9 Å². The Morgan fingerprint density at radius 1 is 1.24 bits per heavy atom. The van der Waals surface area contributed by atoms with Crippen molar-refractivity contribution >= 4 is 27.0 Å². The average Bonchev–Trinajstić information content (AvgIpc) is 3.23. The van der Waals surface area contributed by atoms with Gasteiger partial charge in [-0.3, -0.25) is 9.71 Å². The van der Waals surface area contributed by atoms with Gasteiger partial charge >= 0.3 is 0 Å². The number of nitrogens with zero attached hydrogens (tertiary/aromatic N) is 4. The van der Waals surface area contributed by atoms with E-state index in [0.29, 0.717) is 0 Å². The van der Waals surface area contributed by atoms with Gasteiger partial charge in [0.05, 0.1) is 23.9 Å². The molecule has 0 aliphatic carbocycles. The molecule has 0 radical (unpaired) electrons. The summed E-state index contributed by atoms with van der Waals surface area (Å²) in [5.74, 6) is -2.23. The number of likely N-dealkylation sites (N-methyl/N-ethyl adjacent to an activating group) is 1. The number of sulfonamides is 1. The van der Waals surface area contributed by atoms with Gasteiger partial charge in [0.25, 0.3) is 10.0 Å². The Hall–Kier alpha value is -4.30. The molecule has 196 valence electrons. The fraction of sp³-hybridized carbons (Fsp3) is 0.222. The number of benzene rings is 1. The summed E-state index contributed by atoms with van der Waals surface area (Å²) in [7, 11) is -1.47. The number of hydrogen-bond acceptors (Lipinski definition) is 7. The van der Waals surface area contributed by atoms with Crippen molar-refractivity contribution in [3.8, 4) is 11.9 Å². The Morgan fingerprint density at radius 3 is 2.58 bits per heavy atom. The molecular weight excluding hydrogens is 512 g/mol. The molecule has 0 saturated heterocycles. The minimum absolute atomic E-state index is 0.0317. The highest BCUT2D eigenvalue weighted by Gasteiger charge is 2.26. The Balaban J connectivity index is 1.69. The van der Waals surface area contributed by atoms with E-state index < -0.39 is 37.8 Å². The van der Waals surface area contributed by atoms with Crippen LogP contribution in [0.4, 0.5) is 14.5 Å². The van der Waals surface area contributed by atoms with Gasteiger partial charge in [0.15, 0.2) is 10.7 Å². The maximum Gasteiger partial charge on any atom is 0.267 e. The van der Waals surface area contributed by atoms with Gasteiger partial charge < -0.3 is 9.64 Å². The van der Waals surface area contributed by atoms with Crippen LogP contribution in [0.5, 0.6) is 5.88 Å². The molecule has 0 unspecified atom stereocenters. The second kappa shape index (κ2) is 10.2. The second-order valence-corrected chi connectivity index (χ2v) is 10.5. The van der Waals surface area contributed by atoms with E-state index in [2.05, 4.69) is 14.7 Å². The van der Waals surface area contributed by atoms with Crippen molar-refractivity contribution in [2.45, 2.75) is 32.1 Å². The lowest BCUT2D eigenvalue weighted by atomic mass is 9.98. The van der Waals surface area contributed by atoms with Crippen molar-refractivity contribution in [2.24, 2.45) is 4.99 Å². The summed E-state index contributed by atoms with van der Waals surface area (Å²) in [6, 6.07) is 4.82. The van der Waals surface area contributed by atoms with Crippen molar-refractivity contribution in [1.29, 1.82) is 5.26 Å². The summed E-state index contributed by atoms with van der Waals surface area (Å²) in [5, 5.41) is 9.12. The first kappa shape index (κ1) is 26.8. The molecule has 3 heterocycles. The van der Waals surface area contributed by atoms with Crippen LogP contribution in [0.2, 0.25) is 0 Å². The van der Waals surface area contributed by atoms with Crippen LogP contribution in [0, 0.1) is 23.0 Å². The minimum atomic E-state index is -4.44. The Labute approximate surface area is 220 Å². The van der Waals surface area contributed by atoms with Crippen LogP contribution in [0.3, 0.4) is 0 Å². The van der Waals surface area contributed by atoms with E-state index >= 15 is 4.39 Å². The van der Waals surface area contributed by atoms with Gasteiger partial charge in [0, 0.05) is 48.5 Å². The van der Waals surface area contributed by atoms with Gasteiger partial charge in [-0.2, -0.15) is 5.26 Å². The monoisotopic (exact) mass is 537 g/mol. The van der Waals surface area contributed by atoms with Gasteiger partial charge in [-0.05, 0) is 56.2 Å². The number of nitriles is 1. The van der Waals surface area contributed by atoms with E-state index in [0.717, 1.165) is 53.5 Å². The predicted octanol–water partition coefficient (Wildman–Crippen LogP) is 5.30. The largest absolute Gasteiger partial charge is 0.480 e. The number of allylic oxidation sites excluding steroid dienone is 6. The highest BCUT2D eigenvalue weighted by Crippen LogP contribution is 2.34. The molecule has 4 rings (SSSR count). The van der Waals surface area contributed by atoms with Crippen LogP contribution >= 0.6 is 0 Å². The molecule has 2 aliphatic rings. The smallest absolute Gasteiger partial charge is 0.267 e. The number of methoxy groups -OCH3 is 1. The van der Waals surface area contributed by atoms with Crippen molar-refractivity contribution in [1.82, 2.24) is 9.88 Å². The second-order valence-electron chi connectivity index (χ2n) is 8.87. The minimum Gasteiger partial charge on any atom is -0.480 e. The number of nitrogens with one attached hydrogen (secondary N) is 1. The molecule has 0 saturated carbocycles. The van der Waals surface area contributed by atoms with Crippen LogP contribution in [-0.4, -0.2) is 38.2 Å². The molecule has 11 heteroatoms. The van der Waals surface area contributed by atoms with Gasteiger partial charge in [-0.15, -0.1) is 0 Å². The molecule has 0 fully saturated rings. The quantitative estimate of drug-likeness (QED) is 0.536. The molecule has 0 spiro atoms. The molecule has 0 amide bonds. The van der Waals surface area contributed by atoms with Crippen LogP contribution in [0.15, 0.2) is 75.2 Å². The first-order chi connectivity index (χ1) is 18.0. The number of aliphatic imine (C=N–C) groups is 1. The van der Waals surface area contributed by atoms with E-state index in [-0.39, 0.29) is 17.0 Å². The Kier molecular flexibility index (Phi) is 7.20. The third-order valence-electron chi connectivity index (χ3n) is 6.36. The normalized spacial score (nSPS) is 16.7. The molecule has 0 bridgehead atoms. The predicted molar refractivity (Wildman–Crippen MR) is 141 cm³/mol. The van der Waals surface area contributed by atoms with Gasteiger partial charge in [-0.25, -0.2) is 22.2 Å². The molecule has 38 heavy (non-hydrogen) atoms. The Bertz CT molecular complexity index is 1650. The molecule has 2 aromatic rings. The van der Waals surface area contributed by atoms with E-state index in [9.17, 15) is 12.8 Å². The summed E-state index contributed by atoms with van der Waals surface area (Å²) in [6.45, 7) is 5.93. The Morgan fingerprint density at radius 2 is 1.97 bits per heavy atom. The van der Waals surface area contributed by atoms with Gasteiger partial charge in [-0.1, -0.05) is 6.08 Å². The lowest BCUT2D eigenvalue weighted by molar-refractivity contribution is 0.385. The number of aromatic nitrogens is 1. The van der Waals surface area contributed by atoms with Gasteiger partial charge in [0.1, 0.15) is 11.9 Å². The van der Waals surface area contributed by atoms with Crippen LogP contribution < -0.4 is 9.46 Å². The van der Waals surface area contributed by atoms with Crippen molar-refractivity contribution in [3.05, 3.63) is 88.0 Å². The highest BCUT2D eigenvalue weighted by atomic mass is 32.2.